The van der Waals surface area contributed by atoms with Gasteiger partial charge in [-0.2, -0.15) is 0 Å². The molecule has 8 heteroatoms. The summed E-state index contributed by atoms with van der Waals surface area (Å²) in [5.41, 5.74) is 4.54. The minimum Gasteiger partial charge on any atom is -0.473 e. The lowest BCUT2D eigenvalue weighted by Gasteiger charge is -2.14. The quantitative estimate of drug-likeness (QED) is 0.355. The Morgan fingerprint density at radius 3 is 2.26 bits per heavy atom. The molecule has 0 aliphatic rings. The van der Waals surface area contributed by atoms with E-state index >= 15 is 0 Å². The first-order chi connectivity index (χ1) is 14.9. The molecule has 0 unspecified atom stereocenters. The van der Waals surface area contributed by atoms with Gasteiger partial charge in [0.15, 0.2) is 5.71 Å². The van der Waals surface area contributed by atoms with E-state index in [2.05, 4.69) is 15.3 Å². The molecular formula is C23H31N3O5. The number of carbonyl (C=O) groups is 1. The van der Waals surface area contributed by atoms with E-state index in [1.165, 1.54) is 21.3 Å². The Morgan fingerprint density at radius 1 is 1.00 bits per heavy atom. The molecule has 2 rings (SSSR count). The van der Waals surface area contributed by atoms with Gasteiger partial charge in [-0.25, -0.2) is 9.78 Å². The summed E-state index contributed by atoms with van der Waals surface area (Å²) in [4.78, 5) is 26.3. The summed E-state index contributed by atoms with van der Waals surface area (Å²) in [7, 11) is 4.15. The third kappa shape index (κ3) is 6.80. The second kappa shape index (κ2) is 13.0. The van der Waals surface area contributed by atoms with Crippen LogP contribution in [0.4, 0.5) is 0 Å². The first kappa shape index (κ1) is 25.6. The summed E-state index contributed by atoms with van der Waals surface area (Å²) in [6.45, 7) is 9.86. The van der Waals surface area contributed by atoms with Crippen molar-refractivity contribution in [2.75, 3.05) is 21.3 Å². The van der Waals surface area contributed by atoms with Crippen LogP contribution in [0.5, 0.6) is 5.88 Å². The van der Waals surface area contributed by atoms with Crippen LogP contribution in [0.15, 0.2) is 40.6 Å². The molecule has 31 heavy (non-hydrogen) atoms. The summed E-state index contributed by atoms with van der Waals surface area (Å²) in [6, 6.07) is 9.21. The number of hydrogen-bond acceptors (Lipinski definition) is 8. The molecule has 0 fully saturated rings. The van der Waals surface area contributed by atoms with Crippen LogP contribution in [0.2, 0.25) is 0 Å². The van der Waals surface area contributed by atoms with Crippen LogP contribution >= 0.6 is 0 Å². The van der Waals surface area contributed by atoms with Crippen molar-refractivity contribution >= 4 is 17.4 Å². The Balaban J connectivity index is 0.00000233. The van der Waals surface area contributed by atoms with E-state index in [0.717, 1.165) is 16.7 Å². The van der Waals surface area contributed by atoms with Gasteiger partial charge >= 0.3 is 5.97 Å². The minimum absolute atomic E-state index is 0.0616. The standard InChI is InChI=1S/C21H25N3O5.C2H6/c1-13-11-14(2)20(22-18(13)15(3)23-27-5)29-12-16-9-7-8-10-17(16)19(24-28-6)21(25)26-4;1-2/h7-11H,12H2,1-6H3;1-2H3/b23-15-,24-19+;. The first-order valence-corrected chi connectivity index (χ1v) is 9.89. The molecule has 0 amide bonds. The third-order valence-corrected chi connectivity index (χ3v) is 4.13. The van der Waals surface area contributed by atoms with Crippen LogP contribution < -0.4 is 4.74 Å². The van der Waals surface area contributed by atoms with Gasteiger partial charge in [0.05, 0.1) is 12.8 Å². The van der Waals surface area contributed by atoms with Crippen LogP contribution in [0.25, 0.3) is 0 Å². The first-order valence-electron chi connectivity index (χ1n) is 9.89. The van der Waals surface area contributed by atoms with Gasteiger partial charge < -0.3 is 19.1 Å². The Labute approximate surface area is 183 Å². The number of oxime groups is 2. The van der Waals surface area contributed by atoms with E-state index in [1.807, 2.05) is 52.8 Å². The molecule has 2 aromatic rings. The van der Waals surface area contributed by atoms with Gasteiger partial charge in [-0.3, -0.25) is 0 Å². The molecule has 0 radical (unpaired) electrons. The van der Waals surface area contributed by atoms with Gasteiger partial charge in [0, 0.05) is 11.1 Å². The Hall–Kier alpha value is -3.42. The fourth-order valence-corrected chi connectivity index (χ4v) is 2.83. The van der Waals surface area contributed by atoms with Gasteiger partial charge in [-0.15, -0.1) is 0 Å². The smallest absolute Gasteiger partial charge is 0.360 e. The lowest BCUT2D eigenvalue weighted by Crippen LogP contribution is -2.20. The van der Waals surface area contributed by atoms with Gasteiger partial charge in [0.2, 0.25) is 5.88 Å². The maximum Gasteiger partial charge on any atom is 0.360 e. The number of benzene rings is 1. The fraction of sp³-hybridized carbons (Fsp3) is 0.391. The van der Waals surface area contributed by atoms with Gasteiger partial charge in [0.25, 0.3) is 0 Å². The van der Waals surface area contributed by atoms with Crippen molar-refractivity contribution in [1.82, 2.24) is 4.98 Å². The van der Waals surface area contributed by atoms with Crippen LogP contribution in [0, 0.1) is 13.8 Å². The third-order valence-electron chi connectivity index (χ3n) is 4.13. The summed E-state index contributed by atoms with van der Waals surface area (Å²) in [5.74, 6) is -0.132. The number of hydrogen-bond donors (Lipinski definition) is 0. The highest BCUT2D eigenvalue weighted by atomic mass is 16.6. The number of pyridine rings is 1. The zero-order valence-electron chi connectivity index (χ0n) is 19.5. The molecule has 168 valence electrons. The molecule has 1 heterocycles. The number of carbonyl (C=O) groups excluding carboxylic acids is 1. The highest BCUT2D eigenvalue weighted by Gasteiger charge is 2.20. The van der Waals surface area contributed by atoms with Crippen molar-refractivity contribution in [3.63, 3.8) is 0 Å². The molecular weight excluding hydrogens is 398 g/mol. The SMILES string of the molecule is CC.CO/N=C(/C)c1nc(OCc2ccccc2/C(=N\OC)C(=O)OC)c(C)cc1C. The number of esters is 1. The monoisotopic (exact) mass is 429 g/mol. The maximum atomic E-state index is 12.1. The number of rotatable bonds is 8. The number of nitrogens with zero attached hydrogens (tertiary/aromatic N) is 3. The van der Waals surface area contributed by atoms with E-state index in [1.54, 1.807) is 12.1 Å². The Kier molecular flexibility index (Phi) is 10.7. The topological polar surface area (TPSA) is 91.6 Å². The second-order valence-corrected chi connectivity index (χ2v) is 6.20. The van der Waals surface area contributed by atoms with E-state index in [4.69, 9.17) is 19.1 Å². The average molecular weight is 430 g/mol. The number of ether oxygens (including phenoxy) is 2. The van der Waals surface area contributed by atoms with E-state index < -0.39 is 5.97 Å². The number of aryl methyl sites for hydroxylation is 2. The van der Waals surface area contributed by atoms with E-state index in [-0.39, 0.29) is 12.3 Å². The normalized spacial score (nSPS) is 11.2. The van der Waals surface area contributed by atoms with Gasteiger partial charge in [-0.1, -0.05) is 48.4 Å². The van der Waals surface area contributed by atoms with Gasteiger partial charge in [-0.05, 0) is 38.0 Å². The Bertz CT molecular complexity index is 939. The molecule has 1 aromatic carbocycles. The Morgan fingerprint density at radius 2 is 1.65 bits per heavy atom. The zero-order chi connectivity index (χ0) is 23.4. The molecule has 1 aromatic heterocycles. The number of methoxy groups -OCH3 is 1. The lowest BCUT2D eigenvalue weighted by molar-refractivity contribution is -0.132. The minimum atomic E-state index is -0.599. The van der Waals surface area contributed by atoms with Gasteiger partial charge in [0.1, 0.15) is 26.5 Å². The van der Waals surface area contributed by atoms with Crippen LogP contribution in [0.1, 0.15) is 48.7 Å². The van der Waals surface area contributed by atoms with Crippen molar-refractivity contribution in [3.8, 4) is 5.88 Å². The summed E-state index contributed by atoms with van der Waals surface area (Å²) in [6.07, 6.45) is 0. The fourth-order valence-electron chi connectivity index (χ4n) is 2.83. The van der Waals surface area contributed by atoms with E-state index in [9.17, 15) is 4.79 Å². The van der Waals surface area contributed by atoms with Crippen LogP contribution in [-0.4, -0.2) is 43.7 Å². The summed E-state index contributed by atoms with van der Waals surface area (Å²) >= 11 is 0. The summed E-state index contributed by atoms with van der Waals surface area (Å²) in [5, 5.41) is 7.76. The predicted octanol–water partition coefficient (Wildman–Crippen LogP) is 4.20. The molecule has 0 spiro atoms. The highest BCUT2D eigenvalue weighted by Crippen LogP contribution is 2.22. The lowest BCUT2D eigenvalue weighted by atomic mass is 10.0. The second-order valence-electron chi connectivity index (χ2n) is 6.20. The highest BCUT2D eigenvalue weighted by molar-refractivity contribution is 6.43. The summed E-state index contributed by atoms with van der Waals surface area (Å²) < 4.78 is 10.8. The van der Waals surface area contributed by atoms with Crippen molar-refractivity contribution in [2.45, 2.75) is 41.2 Å². The molecule has 0 saturated heterocycles. The molecule has 8 nitrogen and oxygen atoms in total. The van der Waals surface area contributed by atoms with Crippen molar-refractivity contribution in [1.29, 1.82) is 0 Å². The molecule has 0 aliphatic heterocycles. The largest absolute Gasteiger partial charge is 0.473 e. The van der Waals surface area contributed by atoms with Crippen LogP contribution in [0.3, 0.4) is 0 Å². The zero-order valence-corrected chi connectivity index (χ0v) is 19.5. The molecule has 0 aliphatic carbocycles. The average Bonchev–Trinajstić information content (AvgIpc) is 2.78. The van der Waals surface area contributed by atoms with E-state index in [0.29, 0.717) is 22.8 Å². The number of aromatic nitrogens is 1. The van der Waals surface area contributed by atoms with Crippen molar-refractivity contribution in [2.24, 2.45) is 10.3 Å². The maximum absolute atomic E-state index is 12.1. The molecule has 0 saturated carbocycles. The van der Waals surface area contributed by atoms with Crippen LogP contribution in [-0.2, 0) is 25.8 Å². The predicted molar refractivity (Wildman–Crippen MR) is 121 cm³/mol. The molecule has 0 bridgehead atoms. The molecule has 0 N–H and O–H groups in total. The van der Waals surface area contributed by atoms with Crippen molar-refractivity contribution in [3.05, 3.63) is 58.3 Å². The van der Waals surface area contributed by atoms with Crippen molar-refractivity contribution < 1.29 is 23.9 Å². The molecule has 0 atom stereocenters.